The molecule has 0 atom stereocenters. The molecule has 0 heterocycles. The number of nitro benzene ring substituents is 1. The van der Waals surface area contributed by atoms with E-state index in [0.29, 0.717) is 21.3 Å². The van der Waals surface area contributed by atoms with Crippen molar-refractivity contribution >= 4 is 57.8 Å². The van der Waals surface area contributed by atoms with Gasteiger partial charge in [-0.25, -0.2) is 0 Å². The van der Waals surface area contributed by atoms with Crippen molar-refractivity contribution in [3.8, 4) is 0 Å². The van der Waals surface area contributed by atoms with Gasteiger partial charge in [0.15, 0.2) is 5.11 Å². The van der Waals surface area contributed by atoms with Gasteiger partial charge in [0.05, 0.1) is 16.2 Å². The van der Waals surface area contributed by atoms with Crippen molar-refractivity contribution in [2.24, 2.45) is 0 Å². The lowest BCUT2D eigenvalue weighted by molar-refractivity contribution is -0.385. The summed E-state index contributed by atoms with van der Waals surface area (Å²) in [4.78, 5) is 22.6. The zero-order valence-corrected chi connectivity index (χ0v) is 14.6. The molecule has 2 N–H and O–H groups in total. The number of nitrogens with one attached hydrogen (secondary N) is 2. The van der Waals surface area contributed by atoms with E-state index >= 15 is 0 Å². The molecule has 2 rings (SSSR count). The average molecular weight is 384 g/mol. The van der Waals surface area contributed by atoms with Crippen LogP contribution in [0.1, 0.15) is 15.9 Å². The number of anilines is 1. The first kappa shape index (κ1) is 18.1. The predicted octanol–water partition coefficient (Wildman–Crippen LogP) is 4.34. The number of rotatable bonds is 3. The Bertz CT molecular complexity index is 822. The Kier molecular flexibility index (Phi) is 5.71. The molecule has 0 saturated heterocycles. The smallest absolute Gasteiger partial charge is 0.274 e. The van der Waals surface area contributed by atoms with E-state index in [1.165, 1.54) is 30.3 Å². The number of amides is 1. The second-order valence-electron chi connectivity index (χ2n) is 4.77. The van der Waals surface area contributed by atoms with Gasteiger partial charge >= 0.3 is 0 Å². The van der Waals surface area contributed by atoms with Gasteiger partial charge in [0.25, 0.3) is 11.6 Å². The lowest BCUT2D eigenvalue weighted by atomic mass is 10.1. The van der Waals surface area contributed by atoms with Gasteiger partial charge in [0.2, 0.25) is 0 Å². The molecule has 9 heteroatoms. The maximum Gasteiger partial charge on any atom is 0.274 e. The van der Waals surface area contributed by atoms with Gasteiger partial charge in [-0.15, -0.1) is 0 Å². The summed E-state index contributed by atoms with van der Waals surface area (Å²) in [7, 11) is 0. The van der Waals surface area contributed by atoms with Gasteiger partial charge in [-0.3, -0.25) is 20.2 Å². The molecular weight excluding hydrogens is 373 g/mol. The van der Waals surface area contributed by atoms with Crippen LogP contribution in [0.5, 0.6) is 0 Å². The van der Waals surface area contributed by atoms with E-state index < -0.39 is 10.8 Å². The minimum Gasteiger partial charge on any atom is -0.332 e. The summed E-state index contributed by atoms with van der Waals surface area (Å²) in [6, 6.07) is 8.93. The number of hydrogen-bond acceptors (Lipinski definition) is 4. The van der Waals surface area contributed by atoms with Crippen molar-refractivity contribution in [1.29, 1.82) is 0 Å². The highest BCUT2D eigenvalue weighted by molar-refractivity contribution is 7.80. The number of thiocarbonyl (C=S) groups is 1. The normalized spacial score (nSPS) is 10.1. The highest BCUT2D eigenvalue weighted by Crippen LogP contribution is 2.25. The van der Waals surface area contributed by atoms with Crippen molar-refractivity contribution in [3.05, 3.63) is 67.7 Å². The third kappa shape index (κ3) is 4.41. The zero-order chi connectivity index (χ0) is 17.9. The fourth-order valence-corrected chi connectivity index (χ4v) is 2.70. The molecule has 6 nitrogen and oxygen atoms in total. The quantitative estimate of drug-likeness (QED) is 0.467. The summed E-state index contributed by atoms with van der Waals surface area (Å²) in [6.45, 7) is 1.58. The molecule has 0 aliphatic carbocycles. The van der Waals surface area contributed by atoms with Crippen LogP contribution < -0.4 is 10.6 Å². The van der Waals surface area contributed by atoms with E-state index in [1.807, 2.05) is 0 Å². The molecule has 124 valence electrons. The minimum atomic E-state index is -0.500. The SMILES string of the molecule is Cc1c(NC(=S)NC(=O)c2cc(Cl)cc(Cl)c2)cccc1[N+](=O)[O-]. The van der Waals surface area contributed by atoms with Crippen LogP contribution in [0.3, 0.4) is 0 Å². The first-order valence-electron chi connectivity index (χ1n) is 6.60. The molecule has 1 amide bonds. The molecule has 2 aromatic rings. The standard InChI is InChI=1S/C15H11Cl2N3O3S/c1-8-12(3-2-4-13(8)20(22)23)18-15(24)19-14(21)9-5-10(16)7-11(17)6-9/h2-7H,1H3,(H2,18,19,21,24). The second kappa shape index (κ2) is 7.57. The van der Waals surface area contributed by atoms with Crippen LogP contribution in [0.25, 0.3) is 0 Å². The molecule has 0 spiro atoms. The Morgan fingerprint density at radius 3 is 2.42 bits per heavy atom. The highest BCUT2D eigenvalue weighted by atomic mass is 35.5. The van der Waals surface area contributed by atoms with Crippen LogP contribution in [0.2, 0.25) is 10.0 Å². The molecule has 0 radical (unpaired) electrons. The fraction of sp³-hybridized carbons (Fsp3) is 0.0667. The van der Waals surface area contributed by atoms with Crippen molar-refractivity contribution in [1.82, 2.24) is 5.32 Å². The Balaban J connectivity index is 2.12. The molecule has 2 aromatic carbocycles. The number of halogens is 2. The van der Waals surface area contributed by atoms with E-state index in [-0.39, 0.29) is 16.4 Å². The summed E-state index contributed by atoms with van der Waals surface area (Å²) in [6.07, 6.45) is 0. The molecule has 0 aliphatic heterocycles. The van der Waals surface area contributed by atoms with Gasteiger partial charge in [0, 0.05) is 21.7 Å². The summed E-state index contributed by atoms with van der Waals surface area (Å²) < 4.78 is 0. The van der Waals surface area contributed by atoms with E-state index in [1.54, 1.807) is 13.0 Å². The third-order valence-corrected chi connectivity index (χ3v) is 3.74. The largest absolute Gasteiger partial charge is 0.332 e. The average Bonchev–Trinajstić information content (AvgIpc) is 2.48. The number of hydrogen-bond donors (Lipinski definition) is 2. The lowest BCUT2D eigenvalue weighted by Crippen LogP contribution is -2.34. The summed E-state index contributed by atoms with van der Waals surface area (Å²) in [5, 5.41) is 16.8. The van der Waals surface area contributed by atoms with Crippen LogP contribution in [-0.4, -0.2) is 15.9 Å². The molecule has 0 saturated carbocycles. The van der Waals surface area contributed by atoms with Crippen LogP contribution in [0.15, 0.2) is 36.4 Å². The number of carbonyl (C=O) groups is 1. The predicted molar refractivity (Wildman–Crippen MR) is 98.0 cm³/mol. The Hall–Kier alpha value is -2.22. The van der Waals surface area contributed by atoms with Crippen LogP contribution in [-0.2, 0) is 0 Å². The molecule has 0 bridgehead atoms. The Morgan fingerprint density at radius 1 is 1.21 bits per heavy atom. The van der Waals surface area contributed by atoms with Crippen LogP contribution in [0, 0.1) is 17.0 Å². The summed E-state index contributed by atoms with van der Waals surface area (Å²) in [5.41, 5.74) is 1.03. The molecular formula is C15H11Cl2N3O3S. The zero-order valence-electron chi connectivity index (χ0n) is 12.3. The Morgan fingerprint density at radius 2 is 1.83 bits per heavy atom. The number of nitro groups is 1. The van der Waals surface area contributed by atoms with E-state index in [0.717, 1.165) is 0 Å². The van der Waals surface area contributed by atoms with Crippen molar-refractivity contribution in [2.45, 2.75) is 6.92 Å². The van der Waals surface area contributed by atoms with Gasteiger partial charge in [-0.05, 0) is 43.4 Å². The third-order valence-electron chi connectivity index (χ3n) is 3.10. The topological polar surface area (TPSA) is 84.3 Å². The van der Waals surface area contributed by atoms with Gasteiger partial charge in [0.1, 0.15) is 0 Å². The molecule has 24 heavy (non-hydrogen) atoms. The first-order chi connectivity index (χ1) is 11.3. The highest BCUT2D eigenvalue weighted by Gasteiger charge is 2.15. The van der Waals surface area contributed by atoms with E-state index in [4.69, 9.17) is 35.4 Å². The van der Waals surface area contributed by atoms with Gasteiger partial charge in [-0.1, -0.05) is 29.3 Å². The molecule has 0 unspecified atom stereocenters. The van der Waals surface area contributed by atoms with Crippen LogP contribution in [0.4, 0.5) is 11.4 Å². The Labute approximate surface area is 152 Å². The van der Waals surface area contributed by atoms with Crippen molar-refractivity contribution < 1.29 is 9.72 Å². The number of carbonyl (C=O) groups excluding carboxylic acids is 1. The van der Waals surface area contributed by atoms with Crippen molar-refractivity contribution in [3.63, 3.8) is 0 Å². The summed E-state index contributed by atoms with van der Waals surface area (Å²) in [5.74, 6) is -0.500. The minimum absolute atomic E-state index is 0.000282. The lowest BCUT2D eigenvalue weighted by Gasteiger charge is -2.12. The number of nitrogens with zero attached hydrogens (tertiary/aromatic N) is 1. The monoisotopic (exact) mass is 383 g/mol. The van der Waals surface area contributed by atoms with Crippen molar-refractivity contribution in [2.75, 3.05) is 5.32 Å². The maximum absolute atomic E-state index is 12.1. The van der Waals surface area contributed by atoms with E-state index in [9.17, 15) is 14.9 Å². The molecule has 0 fully saturated rings. The second-order valence-corrected chi connectivity index (χ2v) is 6.05. The van der Waals surface area contributed by atoms with Crippen LogP contribution >= 0.6 is 35.4 Å². The van der Waals surface area contributed by atoms with Gasteiger partial charge in [-0.2, -0.15) is 0 Å². The molecule has 0 aromatic heterocycles. The summed E-state index contributed by atoms with van der Waals surface area (Å²) >= 11 is 16.8. The number of benzene rings is 2. The first-order valence-corrected chi connectivity index (χ1v) is 7.77. The molecule has 0 aliphatic rings. The fourth-order valence-electron chi connectivity index (χ4n) is 1.97. The maximum atomic E-state index is 12.1. The van der Waals surface area contributed by atoms with E-state index in [2.05, 4.69) is 10.6 Å². The van der Waals surface area contributed by atoms with Gasteiger partial charge < -0.3 is 5.32 Å².